The zero-order valence-electron chi connectivity index (χ0n) is 13.3. The van der Waals surface area contributed by atoms with Crippen molar-refractivity contribution in [3.8, 4) is 0 Å². The van der Waals surface area contributed by atoms with Crippen molar-refractivity contribution < 1.29 is 14.3 Å². The number of carbonyl (C=O) groups excluding carboxylic acids is 1. The predicted molar refractivity (Wildman–Crippen MR) is 86.1 cm³/mol. The molecule has 2 aliphatic heterocycles. The minimum absolute atomic E-state index is 0.0583. The molecule has 0 N–H and O–H groups in total. The first-order valence-electron chi connectivity index (χ1n) is 8.38. The lowest BCUT2D eigenvalue weighted by Gasteiger charge is -2.32. The largest absolute Gasteiger partial charge is 0.376 e. The monoisotopic (exact) mass is 303 g/mol. The zero-order chi connectivity index (χ0) is 15.4. The van der Waals surface area contributed by atoms with Crippen LogP contribution in [0.2, 0.25) is 0 Å². The normalized spacial score (nSPS) is 23.0. The summed E-state index contributed by atoms with van der Waals surface area (Å²) in [5, 5.41) is 0. The molecule has 1 aromatic carbocycles. The van der Waals surface area contributed by atoms with Crippen LogP contribution in [0.1, 0.15) is 38.2 Å². The van der Waals surface area contributed by atoms with Gasteiger partial charge in [0.1, 0.15) is 6.10 Å². The molecule has 22 heavy (non-hydrogen) atoms. The van der Waals surface area contributed by atoms with Gasteiger partial charge in [0, 0.05) is 18.8 Å². The highest BCUT2D eigenvalue weighted by molar-refractivity contribution is 5.97. The average molecular weight is 303 g/mol. The van der Waals surface area contributed by atoms with Crippen LogP contribution in [0.5, 0.6) is 0 Å². The molecule has 2 unspecified atom stereocenters. The lowest BCUT2D eigenvalue weighted by Crippen LogP contribution is -2.43. The van der Waals surface area contributed by atoms with E-state index in [0.717, 1.165) is 44.5 Å². The Bertz CT molecular complexity index is 511. The topological polar surface area (TPSA) is 38.8 Å². The first kappa shape index (κ1) is 15.5. The fourth-order valence-electron chi connectivity index (χ4n) is 3.24. The van der Waals surface area contributed by atoms with Crippen LogP contribution in [0.25, 0.3) is 0 Å². The molecule has 0 radical (unpaired) electrons. The number of ether oxygens (including phenoxy) is 2. The van der Waals surface area contributed by atoms with Gasteiger partial charge in [0.2, 0.25) is 0 Å². The van der Waals surface area contributed by atoms with E-state index >= 15 is 0 Å². The summed E-state index contributed by atoms with van der Waals surface area (Å²) in [4.78, 5) is 14.6. The van der Waals surface area contributed by atoms with Crippen LogP contribution in [-0.4, -0.2) is 37.9 Å². The van der Waals surface area contributed by atoms with Crippen LogP contribution in [0, 0.1) is 0 Å². The highest BCUT2D eigenvalue weighted by Crippen LogP contribution is 2.27. The van der Waals surface area contributed by atoms with Crippen molar-refractivity contribution >= 4 is 11.6 Å². The van der Waals surface area contributed by atoms with E-state index in [1.807, 2.05) is 30.0 Å². The number of rotatable bonds is 4. The van der Waals surface area contributed by atoms with Gasteiger partial charge in [-0.25, -0.2) is 0 Å². The summed E-state index contributed by atoms with van der Waals surface area (Å²) < 4.78 is 11.5. The van der Waals surface area contributed by atoms with Gasteiger partial charge in [0.15, 0.2) is 0 Å². The van der Waals surface area contributed by atoms with E-state index in [4.69, 9.17) is 9.47 Å². The minimum Gasteiger partial charge on any atom is -0.376 e. The van der Waals surface area contributed by atoms with Crippen molar-refractivity contribution in [1.29, 1.82) is 0 Å². The molecule has 3 rings (SSSR count). The number of anilines is 1. The Kier molecular flexibility index (Phi) is 5.11. The van der Waals surface area contributed by atoms with Gasteiger partial charge in [0.05, 0.1) is 12.7 Å². The summed E-state index contributed by atoms with van der Waals surface area (Å²) in [6, 6.07) is 8.17. The van der Waals surface area contributed by atoms with E-state index < -0.39 is 6.10 Å². The van der Waals surface area contributed by atoms with Gasteiger partial charge in [-0.3, -0.25) is 4.79 Å². The van der Waals surface area contributed by atoms with E-state index in [0.29, 0.717) is 6.61 Å². The molecule has 0 saturated carbocycles. The van der Waals surface area contributed by atoms with E-state index in [-0.39, 0.29) is 12.0 Å². The number of nitrogens with zero attached hydrogens (tertiary/aromatic N) is 1. The van der Waals surface area contributed by atoms with Crippen molar-refractivity contribution in [3.05, 3.63) is 29.8 Å². The maximum atomic E-state index is 12.7. The summed E-state index contributed by atoms with van der Waals surface area (Å²) in [5.74, 6) is 0.0583. The molecule has 1 aromatic rings. The maximum Gasteiger partial charge on any atom is 0.255 e. The SMILES string of the molecule is CC(OCC1CCCCO1)C(=O)N1CCCc2ccccc21. The fourth-order valence-corrected chi connectivity index (χ4v) is 3.24. The molecule has 120 valence electrons. The van der Waals surface area contributed by atoms with Gasteiger partial charge in [-0.2, -0.15) is 0 Å². The van der Waals surface area contributed by atoms with Crippen LogP contribution in [0.15, 0.2) is 24.3 Å². The third kappa shape index (κ3) is 3.50. The Balaban J connectivity index is 1.59. The van der Waals surface area contributed by atoms with Crippen LogP contribution in [0.3, 0.4) is 0 Å². The summed E-state index contributed by atoms with van der Waals surface area (Å²) in [6.45, 7) is 3.96. The van der Waals surface area contributed by atoms with E-state index in [1.165, 1.54) is 12.0 Å². The Hall–Kier alpha value is -1.39. The Morgan fingerprint density at radius 3 is 3.05 bits per heavy atom. The zero-order valence-corrected chi connectivity index (χ0v) is 13.3. The summed E-state index contributed by atoms with van der Waals surface area (Å²) in [6.07, 6.45) is 5.15. The summed E-state index contributed by atoms with van der Waals surface area (Å²) in [7, 11) is 0. The highest BCUT2D eigenvalue weighted by atomic mass is 16.5. The number of hydrogen-bond donors (Lipinski definition) is 0. The number of benzene rings is 1. The Morgan fingerprint density at radius 1 is 1.36 bits per heavy atom. The van der Waals surface area contributed by atoms with Gasteiger partial charge >= 0.3 is 0 Å². The van der Waals surface area contributed by atoms with Gasteiger partial charge in [-0.1, -0.05) is 18.2 Å². The van der Waals surface area contributed by atoms with Crippen molar-refractivity contribution in [2.24, 2.45) is 0 Å². The molecule has 2 atom stereocenters. The molecule has 0 aliphatic carbocycles. The van der Waals surface area contributed by atoms with Crippen molar-refractivity contribution in [1.82, 2.24) is 0 Å². The molecule has 1 fully saturated rings. The number of hydrogen-bond acceptors (Lipinski definition) is 3. The molecule has 2 heterocycles. The second kappa shape index (κ2) is 7.25. The number of aryl methyl sites for hydroxylation is 1. The van der Waals surface area contributed by atoms with E-state index in [1.54, 1.807) is 0 Å². The molecular weight excluding hydrogens is 278 g/mol. The molecule has 0 bridgehead atoms. The molecular formula is C18H25NO3. The van der Waals surface area contributed by atoms with E-state index in [2.05, 4.69) is 6.07 Å². The van der Waals surface area contributed by atoms with Crippen molar-refractivity contribution in [2.75, 3.05) is 24.7 Å². The summed E-state index contributed by atoms with van der Waals surface area (Å²) in [5.41, 5.74) is 2.30. The number of fused-ring (bicyclic) bond motifs is 1. The van der Waals surface area contributed by atoms with Gasteiger partial charge in [-0.15, -0.1) is 0 Å². The highest BCUT2D eigenvalue weighted by Gasteiger charge is 2.27. The second-order valence-electron chi connectivity index (χ2n) is 6.19. The fraction of sp³-hybridized carbons (Fsp3) is 0.611. The lowest BCUT2D eigenvalue weighted by molar-refractivity contribution is -0.132. The number of amides is 1. The van der Waals surface area contributed by atoms with Crippen LogP contribution in [-0.2, 0) is 20.7 Å². The molecule has 0 spiro atoms. The van der Waals surface area contributed by atoms with Crippen LogP contribution >= 0.6 is 0 Å². The maximum absolute atomic E-state index is 12.7. The third-order valence-electron chi connectivity index (χ3n) is 4.53. The van der Waals surface area contributed by atoms with E-state index in [9.17, 15) is 4.79 Å². The quantitative estimate of drug-likeness (QED) is 0.858. The Morgan fingerprint density at radius 2 is 2.23 bits per heavy atom. The smallest absolute Gasteiger partial charge is 0.255 e. The summed E-state index contributed by atoms with van der Waals surface area (Å²) >= 11 is 0. The van der Waals surface area contributed by atoms with Crippen molar-refractivity contribution in [2.45, 2.75) is 51.2 Å². The van der Waals surface area contributed by atoms with Crippen LogP contribution in [0.4, 0.5) is 5.69 Å². The molecule has 1 amide bonds. The molecule has 0 aromatic heterocycles. The molecule has 4 nitrogen and oxygen atoms in total. The molecule has 1 saturated heterocycles. The standard InChI is InChI=1S/C18H25NO3/c1-14(22-13-16-9-4-5-12-21-16)18(20)19-11-6-8-15-7-2-3-10-17(15)19/h2-3,7,10,14,16H,4-6,8-9,11-13H2,1H3. The van der Waals surface area contributed by atoms with Crippen molar-refractivity contribution in [3.63, 3.8) is 0 Å². The van der Waals surface area contributed by atoms with Gasteiger partial charge in [-0.05, 0) is 50.7 Å². The predicted octanol–water partition coefficient (Wildman–Crippen LogP) is 2.94. The third-order valence-corrected chi connectivity index (χ3v) is 4.53. The van der Waals surface area contributed by atoms with Gasteiger partial charge < -0.3 is 14.4 Å². The minimum atomic E-state index is -0.420. The first-order chi connectivity index (χ1) is 10.8. The molecule has 4 heteroatoms. The number of carbonyl (C=O) groups is 1. The number of para-hydroxylation sites is 1. The average Bonchev–Trinajstić information content (AvgIpc) is 2.59. The second-order valence-corrected chi connectivity index (χ2v) is 6.19. The molecule has 2 aliphatic rings. The lowest BCUT2D eigenvalue weighted by atomic mass is 10.0. The van der Waals surface area contributed by atoms with Gasteiger partial charge in [0.25, 0.3) is 5.91 Å². The first-order valence-corrected chi connectivity index (χ1v) is 8.38. The van der Waals surface area contributed by atoms with Crippen LogP contribution < -0.4 is 4.90 Å². The Labute approximate surface area is 132 Å².